The Morgan fingerprint density at radius 1 is 0.618 bits per heavy atom. The van der Waals surface area contributed by atoms with Gasteiger partial charge in [0.15, 0.2) is 0 Å². The van der Waals surface area contributed by atoms with Crippen LogP contribution in [0.1, 0.15) is 16.7 Å². The molecule has 0 bridgehead atoms. The van der Waals surface area contributed by atoms with E-state index in [2.05, 4.69) is 18.2 Å². The molecule has 6 heteroatoms. The highest BCUT2D eigenvalue weighted by atomic mass is 32.1. The lowest BCUT2D eigenvalue weighted by Gasteiger charge is -2.06. The average Bonchev–Trinajstić information content (AvgIpc) is 3.48. The summed E-state index contributed by atoms with van der Waals surface area (Å²) >= 11 is 1.50. The number of nitrogens with zero attached hydrogens (tertiary/aromatic N) is 4. The van der Waals surface area contributed by atoms with Gasteiger partial charge in [-0.15, -0.1) is 11.3 Å². The van der Waals surface area contributed by atoms with Crippen LogP contribution in [0, 0.1) is 34.0 Å². The Bertz CT molecular complexity index is 1910. The van der Waals surface area contributed by atoms with E-state index in [1.807, 2.05) is 54.6 Å². The summed E-state index contributed by atoms with van der Waals surface area (Å²) in [6.45, 7) is 0. The summed E-state index contributed by atoms with van der Waals surface area (Å²) in [5.74, 6) is 0. The molecule has 156 valence electrons. The van der Waals surface area contributed by atoms with Crippen LogP contribution in [-0.2, 0) is 0 Å². The quantitative estimate of drug-likeness (QED) is 0.278. The second-order valence-corrected chi connectivity index (χ2v) is 8.89. The first kappa shape index (κ1) is 19.7. The number of hydrogen-bond acceptors (Lipinski definition) is 6. The molecule has 0 saturated heterocycles. The number of furan rings is 1. The van der Waals surface area contributed by atoms with Crippen molar-refractivity contribution >= 4 is 43.5 Å². The molecule has 0 atom stereocenters. The van der Waals surface area contributed by atoms with Crippen LogP contribution in [0.5, 0.6) is 0 Å². The highest BCUT2D eigenvalue weighted by molar-refractivity contribution is 7.21. The van der Waals surface area contributed by atoms with Crippen LogP contribution in [0.2, 0.25) is 0 Å². The molecule has 0 spiro atoms. The van der Waals surface area contributed by atoms with Crippen molar-refractivity contribution in [2.75, 3.05) is 0 Å². The van der Waals surface area contributed by atoms with Gasteiger partial charge in [0.25, 0.3) is 0 Å². The monoisotopic (exact) mass is 452 g/mol. The summed E-state index contributed by atoms with van der Waals surface area (Å²) < 4.78 is 6.97. The van der Waals surface area contributed by atoms with Gasteiger partial charge < -0.3 is 4.42 Å². The summed E-state index contributed by atoms with van der Waals surface area (Å²) in [5, 5.41) is 30.7. The van der Waals surface area contributed by atoms with Crippen LogP contribution >= 0.6 is 11.3 Å². The SMILES string of the molecule is N#Cc1cc(-c2ccc3c(c2)oc2cc(C#N)ccc23)cc(-c2nc3ccc(C#N)cc3s2)c1. The first-order valence-electron chi connectivity index (χ1n) is 10.4. The van der Waals surface area contributed by atoms with Crippen molar-refractivity contribution in [1.29, 1.82) is 15.8 Å². The molecule has 5 nitrogen and oxygen atoms in total. The molecule has 6 aromatic rings. The molecule has 6 rings (SSSR count). The van der Waals surface area contributed by atoms with Gasteiger partial charge in [0.1, 0.15) is 16.2 Å². The number of rotatable bonds is 2. The Labute approximate surface area is 198 Å². The Morgan fingerprint density at radius 2 is 1.29 bits per heavy atom. The molecule has 0 amide bonds. The minimum absolute atomic E-state index is 0.535. The normalized spacial score (nSPS) is 10.9. The molecule has 0 aliphatic carbocycles. The fraction of sp³-hybridized carbons (Fsp3) is 0. The van der Waals surface area contributed by atoms with Crippen molar-refractivity contribution in [2.24, 2.45) is 0 Å². The third kappa shape index (κ3) is 3.17. The second kappa shape index (κ2) is 7.57. The van der Waals surface area contributed by atoms with E-state index in [0.29, 0.717) is 22.3 Å². The van der Waals surface area contributed by atoms with Crippen LogP contribution in [0.3, 0.4) is 0 Å². The van der Waals surface area contributed by atoms with E-state index in [0.717, 1.165) is 48.3 Å². The second-order valence-electron chi connectivity index (χ2n) is 7.86. The lowest BCUT2D eigenvalue weighted by Crippen LogP contribution is -1.85. The van der Waals surface area contributed by atoms with Gasteiger partial charge in [-0.25, -0.2) is 4.98 Å². The number of fused-ring (bicyclic) bond motifs is 4. The maximum Gasteiger partial charge on any atom is 0.136 e. The van der Waals surface area contributed by atoms with E-state index >= 15 is 0 Å². The molecule has 0 saturated carbocycles. The van der Waals surface area contributed by atoms with Gasteiger partial charge in [0, 0.05) is 16.3 Å². The third-order valence-corrected chi connectivity index (χ3v) is 6.83. The average molecular weight is 452 g/mol. The Morgan fingerprint density at radius 3 is 2.09 bits per heavy atom. The highest BCUT2D eigenvalue weighted by Gasteiger charge is 2.13. The highest BCUT2D eigenvalue weighted by Crippen LogP contribution is 2.36. The van der Waals surface area contributed by atoms with Gasteiger partial charge >= 0.3 is 0 Å². The lowest BCUT2D eigenvalue weighted by atomic mass is 9.99. The number of nitriles is 3. The minimum atomic E-state index is 0.535. The van der Waals surface area contributed by atoms with Gasteiger partial charge in [-0.2, -0.15) is 15.8 Å². The Balaban J connectivity index is 1.49. The summed E-state index contributed by atoms with van der Waals surface area (Å²) in [6.07, 6.45) is 0. The van der Waals surface area contributed by atoms with Crippen molar-refractivity contribution in [3.05, 3.63) is 89.5 Å². The van der Waals surface area contributed by atoms with E-state index in [-0.39, 0.29) is 0 Å². The molecule has 0 aliphatic heterocycles. The molecule has 0 unspecified atom stereocenters. The maximum atomic E-state index is 9.66. The van der Waals surface area contributed by atoms with Crippen LogP contribution in [-0.4, -0.2) is 4.98 Å². The predicted octanol–water partition coefficient (Wildman–Crippen LogP) is 7.14. The molecule has 2 heterocycles. The largest absolute Gasteiger partial charge is 0.456 e. The van der Waals surface area contributed by atoms with Gasteiger partial charge in [0.05, 0.1) is 45.1 Å². The van der Waals surface area contributed by atoms with E-state index in [1.54, 1.807) is 18.2 Å². The third-order valence-electron chi connectivity index (χ3n) is 5.76. The van der Waals surface area contributed by atoms with Gasteiger partial charge in [-0.05, 0) is 77.9 Å². The number of hydrogen-bond donors (Lipinski definition) is 0. The van der Waals surface area contributed by atoms with Crippen molar-refractivity contribution < 1.29 is 4.42 Å². The summed E-state index contributed by atoms with van der Waals surface area (Å²) in [5.41, 5.74) is 6.53. The van der Waals surface area contributed by atoms with E-state index in [9.17, 15) is 15.8 Å². The predicted molar refractivity (Wildman–Crippen MR) is 132 cm³/mol. The van der Waals surface area contributed by atoms with Gasteiger partial charge in [-0.1, -0.05) is 6.07 Å². The fourth-order valence-corrected chi connectivity index (χ4v) is 5.12. The molecule has 4 aromatic carbocycles. The van der Waals surface area contributed by atoms with Crippen LogP contribution in [0.15, 0.2) is 77.2 Å². The summed E-state index contributed by atoms with van der Waals surface area (Å²) in [6, 6.07) is 29.1. The van der Waals surface area contributed by atoms with Gasteiger partial charge in [0.2, 0.25) is 0 Å². The van der Waals surface area contributed by atoms with Crippen molar-refractivity contribution in [3.8, 4) is 39.9 Å². The van der Waals surface area contributed by atoms with Crippen LogP contribution in [0.25, 0.3) is 53.9 Å². The van der Waals surface area contributed by atoms with E-state index in [4.69, 9.17) is 9.40 Å². The summed E-state index contributed by atoms with van der Waals surface area (Å²) in [4.78, 5) is 4.72. The van der Waals surface area contributed by atoms with Gasteiger partial charge in [-0.3, -0.25) is 0 Å². The zero-order valence-electron chi connectivity index (χ0n) is 17.5. The minimum Gasteiger partial charge on any atom is -0.456 e. The maximum absolute atomic E-state index is 9.66. The molecular formula is C28H12N4OS. The number of thiazole rings is 1. The van der Waals surface area contributed by atoms with Crippen molar-refractivity contribution in [2.45, 2.75) is 0 Å². The van der Waals surface area contributed by atoms with Crippen molar-refractivity contribution in [3.63, 3.8) is 0 Å². The standard InChI is InChI=1S/C28H12N4OS/c29-13-16-1-4-22-23-5-3-19(12-26(23)33-25(22)9-16)20-7-18(15-31)8-21(11-20)28-32-24-6-2-17(14-30)10-27(24)34-28/h1-12H. The zero-order chi connectivity index (χ0) is 23.2. The summed E-state index contributed by atoms with van der Waals surface area (Å²) in [7, 11) is 0. The fourth-order valence-electron chi connectivity index (χ4n) is 4.13. The van der Waals surface area contributed by atoms with E-state index in [1.165, 1.54) is 11.3 Å². The lowest BCUT2D eigenvalue weighted by molar-refractivity contribution is 0.669. The Kier molecular flexibility index (Phi) is 4.39. The topological polar surface area (TPSA) is 97.4 Å². The molecule has 0 aliphatic rings. The Hall–Kier alpha value is -4.96. The van der Waals surface area contributed by atoms with Crippen LogP contribution in [0.4, 0.5) is 0 Å². The number of benzene rings is 4. The molecule has 0 N–H and O–H groups in total. The molecule has 2 aromatic heterocycles. The zero-order valence-corrected chi connectivity index (χ0v) is 18.4. The van der Waals surface area contributed by atoms with E-state index < -0.39 is 0 Å². The molecule has 0 radical (unpaired) electrons. The molecule has 0 fully saturated rings. The molecular weight excluding hydrogens is 440 g/mol. The smallest absolute Gasteiger partial charge is 0.136 e. The first-order valence-corrected chi connectivity index (χ1v) is 11.2. The van der Waals surface area contributed by atoms with Crippen molar-refractivity contribution in [1.82, 2.24) is 4.98 Å². The molecule has 34 heavy (non-hydrogen) atoms. The van der Waals surface area contributed by atoms with Crippen LogP contribution < -0.4 is 0 Å². The number of aromatic nitrogens is 1. The first-order chi connectivity index (χ1) is 16.6.